The van der Waals surface area contributed by atoms with Crippen molar-refractivity contribution in [1.29, 1.82) is 0 Å². The number of thiazole rings is 1. The van der Waals surface area contributed by atoms with Gasteiger partial charge in [0.15, 0.2) is 16.5 Å². The molecular formula is C23H29N5O3S. The van der Waals surface area contributed by atoms with E-state index in [4.69, 9.17) is 0 Å². The first-order valence-corrected chi connectivity index (χ1v) is 11.6. The van der Waals surface area contributed by atoms with Gasteiger partial charge in [-0.25, -0.2) is 4.68 Å². The van der Waals surface area contributed by atoms with Gasteiger partial charge in [-0.15, -0.1) is 0 Å². The first-order valence-electron chi connectivity index (χ1n) is 10.8. The maximum atomic E-state index is 13.3. The average Bonchev–Trinajstić information content (AvgIpc) is 3.41. The van der Waals surface area contributed by atoms with E-state index in [-0.39, 0.29) is 17.9 Å². The van der Waals surface area contributed by atoms with Crippen LogP contribution in [0.5, 0.6) is 0 Å². The van der Waals surface area contributed by atoms with Gasteiger partial charge >= 0.3 is 0 Å². The lowest BCUT2D eigenvalue weighted by atomic mass is 10.1. The summed E-state index contributed by atoms with van der Waals surface area (Å²) in [5.74, 6) is -0.500. The predicted molar refractivity (Wildman–Crippen MR) is 125 cm³/mol. The summed E-state index contributed by atoms with van der Waals surface area (Å²) in [7, 11) is 1.71. The number of aliphatic hydroxyl groups is 1. The van der Waals surface area contributed by atoms with E-state index in [2.05, 4.69) is 15.4 Å². The van der Waals surface area contributed by atoms with E-state index in [0.29, 0.717) is 33.2 Å². The number of amides is 2. The maximum absolute atomic E-state index is 13.3. The molecule has 1 fully saturated rings. The summed E-state index contributed by atoms with van der Waals surface area (Å²) in [6.45, 7) is 7.93. The lowest BCUT2D eigenvalue weighted by Gasteiger charge is -2.26. The number of aryl methyl sites for hydroxylation is 1. The fourth-order valence-corrected chi connectivity index (χ4v) is 4.95. The Morgan fingerprint density at radius 1 is 1.22 bits per heavy atom. The summed E-state index contributed by atoms with van der Waals surface area (Å²) in [6, 6.07) is 7.09. The Bertz CT molecular complexity index is 1160. The Labute approximate surface area is 191 Å². The van der Waals surface area contributed by atoms with E-state index in [0.717, 1.165) is 18.4 Å². The third-order valence-corrected chi connectivity index (χ3v) is 6.83. The van der Waals surface area contributed by atoms with E-state index in [9.17, 15) is 14.7 Å². The first kappa shape index (κ1) is 22.4. The van der Waals surface area contributed by atoms with Gasteiger partial charge in [0, 0.05) is 12.6 Å². The fourth-order valence-electron chi connectivity index (χ4n) is 4.03. The van der Waals surface area contributed by atoms with E-state index >= 15 is 0 Å². The van der Waals surface area contributed by atoms with Crippen LogP contribution in [-0.2, 0) is 5.54 Å². The molecule has 0 saturated heterocycles. The van der Waals surface area contributed by atoms with Gasteiger partial charge in [0.2, 0.25) is 0 Å². The number of aromatic nitrogens is 3. The van der Waals surface area contributed by atoms with Gasteiger partial charge in [-0.3, -0.25) is 14.9 Å². The topological polar surface area (TPSA) is 100 Å². The van der Waals surface area contributed by atoms with Gasteiger partial charge in [0.1, 0.15) is 4.70 Å². The summed E-state index contributed by atoms with van der Waals surface area (Å²) in [4.78, 5) is 32.2. The molecule has 2 amide bonds. The second-order valence-corrected chi connectivity index (χ2v) is 10.4. The van der Waals surface area contributed by atoms with Gasteiger partial charge in [0.05, 0.1) is 17.7 Å². The zero-order chi connectivity index (χ0) is 23.2. The minimum absolute atomic E-state index is 0.217. The number of likely N-dealkylation sites (N-methyl/N-ethyl adjacent to an activating group) is 1. The number of carbonyl (C=O) groups excluding carboxylic acids is 2. The third kappa shape index (κ3) is 4.14. The quantitative estimate of drug-likeness (QED) is 0.623. The van der Waals surface area contributed by atoms with Crippen LogP contribution < -0.4 is 5.32 Å². The van der Waals surface area contributed by atoms with Crippen molar-refractivity contribution in [3.8, 4) is 0 Å². The highest BCUT2D eigenvalue weighted by Gasteiger charge is 2.35. The van der Waals surface area contributed by atoms with Crippen LogP contribution in [0.2, 0.25) is 0 Å². The fraction of sp³-hybridized carbons (Fsp3) is 0.478. The smallest absolute Gasteiger partial charge is 0.276 e. The van der Waals surface area contributed by atoms with Crippen molar-refractivity contribution in [2.75, 3.05) is 12.4 Å². The highest BCUT2D eigenvalue weighted by molar-refractivity contribution is 7.22. The summed E-state index contributed by atoms with van der Waals surface area (Å²) in [5.41, 5.74) is 2.06. The number of nitrogens with zero attached hydrogens (tertiary/aromatic N) is 4. The van der Waals surface area contributed by atoms with Crippen molar-refractivity contribution >= 4 is 38.6 Å². The minimum atomic E-state index is -0.519. The number of hydrogen-bond acceptors (Lipinski definition) is 6. The Morgan fingerprint density at radius 3 is 2.50 bits per heavy atom. The highest BCUT2D eigenvalue weighted by atomic mass is 32.1. The number of anilines is 1. The molecule has 4 rings (SSSR count). The van der Waals surface area contributed by atoms with Crippen LogP contribution in [0.3, 0.4) is 0 Å². The van der Waals surface area contributed by atoms with Crippen LogP contribution in [0.25, 0.3) is 10.3 Å². The Hall–Kier alpha value is -2.78. The lowest BCUT2D eigenvalue weighted by molar-refractivity contribution is 0.0534. The van der Waals surface area contributed by atoms with Crippen molar-refractivity contribution in [2.24, 2.45) is 0 Å². The van der Waals surface area contributed by atoms with E-state index < -0.39 is 11.6 Å². The SMILES string of the molecule is Cc1ccc(C(=O)Nc2nc3c(s2)c(C(=O)N(C)[C@@H]2CCC[C@H]2O)nn3C(C)(C)C)cc1. The van der Waals surface area contributed by atoms with Crippen LogP contribution in [0.4, 0.5) is 5.13 Å². The number of benzene rings is 1. The molecule has 2 atom stereocenters. The molecule has 2 N–H and O–H groups in total. The maximum Gasteiger partial charge on any atom is 0.276 e. The van der Waals surface area contributed by atoms with E-state index in [1.54, 1.807) is 28.8 Å². The van der Waals surface area contributed by atoms with Crippen molar-refractivity contribution in [3.63, 3.8) is 0 Å². The number of carbonyl (C=O) groups is 2. The van der Waals surface area contributed by atoms with Crippen LogP contribution in [0, 0.1) is 6.92 Å². The second kappa shape index (κ2) is 8.29. The van der Waals surface area contributed by atoms with Gasteiger partial charge in [-0.2, -0.15) is 10.1 Å². The molecule has 8 nitrogen and oxygen atoms in total. The number of fused-ring (bicyclic) bond motifs is 1. The molecule has 32 heavy (non-hydrogen) atoms. The molecule has 0 bridgehead atoms. The molecule has 1 saturated carbocycles. The molecule has 0 unspecified atom stereocenters. The van der Waals surface area contributed by atoms with Crippen LogP contribution in [0.15, 0.2) is 24.3 Å². The molecule has 1 aliphatic rings. The van der Waals surface area contributed by atoms with Gasteiger partial charge in [-0.1, -0.05) is 29.0 Å². The molecule has 1 aromatic carbocycles. The molecular weight excluding hydrogens is 426 g/mol. The zero-order valence-electron chi connectivity index (χ0n) is 19.0. The Morgan fingerprint density at radius 2 is 1.91 bits per heavy atom. The molecule has 1 aliphatic carbocycles. The van der Waals surface area contributed by atoms with Gasteiger partial charge in [-0.05, 0) is 59.1 Å². The van der Waals surface area contributed by atoms with Gasteiger partial charge in [0.25, 0.3) is 11.8 Å². The minimum Gasteiger partial charge on any atom is -0.391 e. The van der Waals surface area contributed by atoms with Crippen LogP contribution in [0.1, 0.15) is 66.4 Å². The van der Waals surface area contributed by atoms with Crippen LogP contribution in [-0.4, -0.2) is 55.8 Å². The normalized spacial score (nSPS) is 18.8. The first-order chi connectivity index (χ1) is 15.1. The third-order valence-electron chi connectivity index (χ3n) is 5.86. The number of rotatable bonds is 4. The molecule has 2 heterocycles. The molecule has 0 aliphatic heterocycles. The summed E-state index contributed by atoms with van der Waals surface area (Å²) in [6.07, 6.45) is 1.84. The summed E-state index contributed by atoms with van der Waals surface area (Å²) in [5, 5.41) is 18.1. The second-order valence-electron chi connectivity index (χ2n) is 9.40. The number of aliphatic hydroxyl groups excluding tert-OH is 1. The average molecular weight is 456 g/mol. The monoisotopic (exact) mass is 455 g/mol. The lowest BCUT2D eigenvalue weighted by Crippen LogP contribution is -2.42. The standard InChI is InChI=1S/C23H29N5O3S/c1-13-9-11-14(12-10-13)20(30)25-22-24-19-18(32-22)17(26-28(19)23(2,3)4)21(31)27(5)15-7-6-8-16(15)29/h9-12,15-16,29H,6-8H2,1-5H3,(H,24,25,30)/t15-,16-/m1/s1. The summed E-state index contributed by atoms with van der Waals surface area (Å²) < 4.78 is 2.36. The summed E-state index contributed by atoms with van der Waals surface area (Å²) >= 11 is 1.24. The predicted octanol–water partition coefficient (Wildman–Crippen LogP) is 3.79. The molecule has 9 heteroatoms. The van der Waals surface area contributed by atoms with Crippen molar-refractivity contribution in [1.82, 2.24) is 19.7 Å². The molecule has 0 spiro atoms. The molecule has 3 aromatic rings. The van der Waals surface area contributed by atoms with Crippen molar-refractivity contribution < 1.29 is 14.7 Å². The number of hydrogen-bond donors (Lipinski definition) is 2. The molecule has 0 radical (unpaired) electrons. The zero-order valence-corrected chi connectivity index (χ0v) is 19.9. The Balaban J connectivity index is 1.69. The van der Waals surface area contributed by atoms with Crippen LogP contribution >= 0.6 is 11.3 Å². The largest absolute Gasteiger partial charge is 0.391 e. The highest BCUT2D eigenvalue weighted by Crippen LogP contribution is 2.34. The van der Waals surface area contributed by atoms with Crippen molar-refractivity contribution in [3.05, 3.63) is 41.1 Å². The van der Waals surface area contributed by atoms with E-state index in [1.807, 2.05) is 39.8 Å². The number of nitrogens with one attached hydrogen (secondary N) is 1. The molecule has 2 aromatic heterocycles. The van der Waals surface area contributed by atoms with Gasteiger partial charge < -0.3 is 10.0 Å². The molecule has 170 valence electrons. The Kier molecular flexibility index (Phi) is 5.81. The van der Waals surface area contributed by atoms with E-state index in [1.165, 1.54) is 11.3 Å². The van der Waals surface area contributed by atoms with Crippen molar-refractivity contribution in [2.45, 2.75) is 64.6 Å².